The van der Waals surface area contributed by atoms with Crippen LogP contribution in [0.4, 0.5) is 0 Å². The lowest BCUT2D eigenvalue weighted by Gasteiger charge is -2.09. The van der Waals surface area contributed by atoms with Gasteiger partial charge < -0.3 is 0 Å². The molecule has 2 heterocycles. The third-order valence-electron chi connectivity index (χ3n) is 5.12. The second kappa shape index (κ2) is 9.14. The van der Waals surface area contributed by atoms with Crippen LogP contribution < -0.4 is 11.2 Å². The third-order valence-corrected chi connectivity index (χ3v) is 7.90. The number of benzene rings is 2. The quantitative estimate of drug-likeness (QED) is 0.369. The van der Waals surface area contributed by atoms with Crippen molar-refractivity contribution < 1.29 is 8.42 Å². The highest BCUT2D eigenvalue weighted by Crippen LogP contribution is 2.21. The van der Waals surface area contributed by atoms with Gasteiger partial charge in [-0.05, 0) is 41.5 Å². The molecule has 0 atom stereocenters. The van der Waals surface area contributed by atoms with Crippen LogP contribution in [0.25, 0.3) is 10.2 Å². The van der Waals surface area contributed by atoms with Crippen molar-refractivity contribution >= 4 is 47.3 Å². The average Bonchev–Trinajstić information content (AvgIpc) is 3.21. The predicted octanol–water partition coefficient (Wildman–Crippen LogP) is 3.57. The van der Waals surface area contributed by atoms with Crippen molar-refractivity contribution in [2.45, 2.75) is 17.9 Å². The molecule has 6 nitrogen and oxygen atoms in total. The van der Waals surface area contributed by atoms with E-state index in [0.717, 1.165) is 20.9 Å². The molecule has 0 saturated heterocycles. The Kier molecular flexibility index (Phi) is 6.43. The van der Waals surface area contributed by atoms with Gasteiger partial charge in [0.1, 0.15) is 4.83 Å². The number of halogens is 1. The summed E-state index contributed by atoms with van der Waals surface area (Å²) in [5, 5.41) is 0.433. The van der Waals surface area contributed by atoms with Gasteiger partial charge in [-0.15, -0.1) is 11.3 Å². The number of thiophene rings is 1. The van der Waals surface area contributed by atoms with Gasteiger partial charge in [-0.2, -0.15) is 0 Å². The molecule has 0 aliphatic carbocycles. The van der Waals surface area contributed by atoms with Crippen LogP contribution in [0.2, 0.25) is 0 Å². The van der Waals surface area contributed by atoms with Crippen molar-refractivity contribution in [2.24, 2.45) is 7.05 Å². The molecule has 0 aliphatic heterocycles. The first kappa shape index (κ1) is 23.2. The van der Waals surface area contributed by atoms with E-state index in [0.29, 0.717) is 27.1 Å². The maximum atomic E-state index is 13.1. The van der Waals surface area contributed by atoms with Crippen LogP contribution in [0.5, 0.6) is 0 Å². The maximum absolute atomic E-state index is 13.1. The topological polar surface area (TPSA) is 78.1 Å². The normalized spacial score (nSPS) is 11.4. The summed E-state index contributed by atoms with van der Waals surface area (Å²) in [5.74, 6) is 6.22. The van der Waals surface area contributed by atoms with Gasteiger partial charge in [0.2, 0.25) is 0 Å². The number of aryl methyl sites for hydroxylation is 1. The minimum atomic E-state index is -3.32. The molecule has 9 heteroatoms. The number of hydrogen-bond acceptors (Lipinski definition) is 5. The second-order valence-corrected chi connectivity index (χ2v) is 11.5. The van der Waals surface area contributed by atoms with E-state index in [-0.39, 0.29) is 11.4 Å². The van der Waals surface area contributed by atoms with E-state index in [1.165, 1.54) is 28.0 Å². The number of hydrogen-bond donors (Lipinski definition) is 0. The summed E-state index contributed by atoms with van der Waals surface area (Å²) in [6, 6.07) is 15.8. The Labute approximate surface area is 203 Å². The average molecular weight is 543 g/mol. The zero-order valence-electron chi connectivity index (χ0n) is 17.8. The van der Waals surface area contributed by atoms with Crippen LogP contribution >= 0.6 is 27.3 Å². The highest BCUT2D eigenvalue weighted by molar-refractivity contribution is 9.10. The Hall–Kier alpha value is -2.93. The smallest absolute Gasteiger partial charge is 0.287 e. The highest BCUT2D eigenvalue weighted by Gasteiger charge is 2.15. The summed E-state index contributed by atoms with van der Waals surface area (Å²) >= 11 is 4.72. The van der Waals surface area contributed by atoms with E-state index < -0.39 is 21.1 Å². The largest absolute Gasteiger partial charge is 0.332 e. The minimum Gasteiger partial charge on any atom is -0.287 e. The molecular weight excluding hydrogens is 524 g/mol. The van der Waals surface area contributed by atoms with Crippen LogP contribution in [0.15, 0.2) is 73.6 Å². The van der Waals surface area contributed by atoms with Crippen molar-refractivity contribution in [3.05, 3.63) is 95.9 Å². The molecule has 33 heavy (non-hydrogen) atoms. The molecule has 0 N–H and O–H groups in total. The second-order valence-electron chi connectivity index (χ2n) is 7.58. The van der Waals surface area contributed by atoms with Crippen LogP contribution in [0, 0.1) is 11.8 Å². The van der Waals surface area contributed by atoms with Crippen LogP contribution in [-0.4, -0.2) is 23.8 Å². The molecule has 0 unspecified atom stereocenters. The fraction of sp³-hybridized carbons (Fsp3) is 0.167. The fourth-order valence-electron chi connectivity index (χ4n) is 3.35. The van der Waals surface area contributed by atoms with Crippen molar-refractivity contribution in [3.63, 3.8) is 0 Å². The molecular formula is C24H19BrN2O4S2. The predicted molar refractivity (Wildman–Crippen MR) is 135 cm³/mol. The molecule has 0 amide bonds. The molecule has 0 saturated carbocycles. The first-order chi connectivity index (χ1) is 15.6. The van der Waals surface area contributed by atoms with E-state index >= 15 is 0 Å². The van der Waals surface area contributed by atoms with Crippen LogP contribution in [0.3, 0.4) is 0 Å². The number of sulfone groups is 1. The zero-order valence-corrected chi connectivity index (χ0v) is 21.1. The Morgan fingerprint density at radius 1 is 1.00 bits per heavy atom. The SMILES string of the molecule is Cn1c(=O)n(Cc2ccc(S(C)(=O)=O)cc2)c(=O)c2cc(C#CCc3ccc(Br)cc3)sc21. The lowest BCUT2D eigenvalue weighted by molar-refractivity contribution is 0.601. The summed E-state index contributed by atoms with van der Waals surface area (Å²) in [7, 11) is -1.69. The summed E-state index contributed by atoms with van der Waals surface area (Å²) in [6.07, 6.45) is 1.71. The van der Waals surface area contributed by atoms with E-state index in [9.17, 15) is 18.0 Å². The van der Waals surface area contributed by atoms with Crippen LogP contribution in [0.1, 0.15) is 16.0 Å². The molecule has 2 aromatic carbocycles. The minimum absolute atomic E-state index is 0.0475. The Bertz CT molecular complexity index is 1630. The first-order valence-electron chi connectivity index (χ1n) is 9.89. The van der Waals surface area contributed by atoms with Crippen molar-refractivity contribution in [3.8, 4) is 11.8 Å². The van der Waals surface area contributed by atoms with Gasteiger partial charge in [0, 0.05) is 24.2 Å². The summed E-state index contributed by atoms with van der Waals surface area (Å²) in [5.41, 5.74) is 0.919. The Morgan fingerprint density at radius 2 is 1.64 bits per heavy atom. The Morgan fingerprint density at radius 3 is 2.27 bits per heavy atom. The highest BCUT2D eigenvalue weighted by atomic mass is 79.9. The maximum Gasteiger partial charge on any atom is 0.332 e. The fourth-order valence-corrected chi connectivity index (χ4v) is 5.22. The van der Waals surface area contributed by atoms with Crippen molar-refractivity contribution in [1.82, 2.24) is 9.13 Å². The number of fused-ring (bicyclic) bond motifs is 1. The molecule has 168 valence electrons. The van der Waals surface area contributed by atoms with Gasteiger partial charge in [-0.1, -0.05) is 52.0 Å². The van der Waals surface area contributed by atoms with E-state index in [1.807, 2.05) is 24.3 Å². The molecule has 4 aromatic rings. The standard InChI is InChI=1S/C24H19BrN2O4S2/c1-26-23-21(14-19(32-23)5-3-4-16-6-10-18(25)11-7-16)22(28)27(24(26)29)15-17-8-12-20(13-9-17)33(2,30)31/h6-14H,4,15H2,1-2H3. The first-order valence-corrected chi connectivity index (χ1v) is 13.4. The number of nitrogens with zero attached hydrogens (tertiary/aromatic N) is 2. The van der Waals surface area contributed by atoms with Crippen molar-refractivity contribution in [1.29, 1.82) is 0 Å². The van der Waals surface area contributed by atoms with E-state index in [4.69, 9.17) is 0 Å². The number of rotatable bonds is 4. The van der Waals surface area contributed by atoms with Crippen LogP contribution in [-0.2, 0) is 29.9 Å². The summed E-state index contributed by atoms with van der Waals surface area (Å²) in [6.45, 7) is 0.0475. The molecule has 0 radical (unpaired) electrons. The monoisotopic (exact) mass is 542 g/mol. The molecule has 0 bridgehead atoms. The summed E-state index contributed by atoms with van der Waals surface area (Å²) < 4.78 is 26.9. The lowest BCUT2D eigenvalue weighted by Crippen LogP contribution is -2.38. The summed E-state index contributed by atoms with van der Waals surface area (Å²) in [4.78, 5) is 27.4. The van der Waals surface area contributed by atoms with Gasteiger partial charge in [0.05, 0.1) is 21.7 Å². The van der Waals surface area contributed by atoms with Gasteiger partial charge in [0.25, 0.3) is 5.56 Å². The molecule has 0 spiro atoms. The zero-order chi connectivity index (χ0) is 23.8. The van der Waals surface area contributed by atoms with E-state index in [2.05, 4.69) is 27.8 Å². The van der Waals surface area contributed by atoms with Gasteiger partial charge in [0.15, 0.2) is 9.84 Å². The molecule has 0 fully saturated rings. The number of aromatic nitrogens is 2. The van der Waals surface area contributed by atoms with E-state index in [1.54, 1.807) is 25.2 Å². The molecule has 0 aliphatic rings. The lowest BCUT2D eigenvalue weighted by atomic mass is 10.1. The third kappa shape index (κ3) is 5.03. The van der Waals surface area contributed by atoms with Gasteiger partial charge in [-0.25, -0.2) is 13.2 Å². The van der Waals surface area contributed by atoms with Gasteiger partial charge >= 0.3 is 5.69 Å². The molecule has 4 rings (SSSR count). The Balaban J connectivity index is 1.66. The van der Waals surface area contributed by atoms with Crippen molar-refractivity contribution in [2.75, 3.05) is 6.26 Å². The molecule has 2 aromatic heterocycles. The van der Waals surface area contributed by atoms with Gasteiger partial charge in [-0.3, -0.25) is 13.9 Å².